The van der Waals surface area contributed by atoms with E-state index in [9.17, 15) is 4.79 Å². The zero-order valence-electron chi connectivity index (χ0n) is 15.2. The fourth-order valence-corrected chi connectivity index (χ4v) is 2.76. The maximum Gasteiger partial charge on any atom is 0.251 e. The second-order valence-electron chi connectivity index (χ2n) is 6.33. The Morgan fingerprint density at radius 3 is 2.54 bits per heavy atom. The highest BCUT2D eigenvalue weighted by molar-refractivity contribution is 5.97. The molecule has 0 aliphatic heterocycles. The summed E-state index contributed by atoms with van der Waals surface area (Å²) in [5.74, 6) is 0.328. The Bertz CT molecular complexity index is 871. The molecule has 0 bridgehead atoms. The Balaban J connectivity index is 2.00. The van der Waals surface area contributed by atoms with Gasteiger partial charge in [0.1, 0.15) is 6.26 Å². The zero-order chi connectivity index (χ0) is 18.5. The highest BCUT2D eigenvalue weighted by atomic mass is 16.5. The lowest BCUT2D eigenvalue weighted by Crippen LogP contribution is -2.35. The van der Waals surface area contributed by atoms with Gasteiger partial charge >= 0.3 is 0 Å². The summed E-state index contributed by atoms with van der Waals surface area (Å²) in [5.41, 5.74) is 4.47. The van der Waals surface area contributed by atoms with Crippen LogP contribution in [0.15, 0.2) is 59.3 Å². The van der Waals surface area contributed by atoms with Gasteiger partial charge in [-0.1, -0.05) is 29.8 Å². The lowest BCUT2D eigenvalue weighted by atomic mass is 9.98. The van der Waals surface area contributed by atoms with E-state index in [0.717, 1.165) is 16.7 Å². The molecule has 0 radical (unpaired) electrons. The summed E-state index contributed by atoms with van der Waals surface area (Å²) in [6.07, 6.45) is 3.11. The normalized spacial score (nSPS) is 12.0. The van der Waals surface area contributed by atoms with E-state index < -0.39 is 0 Å². The van der Waals surface area contributed by atoms with E-state index in [1.54, 1.807) is 19.4 Å². The Labute approximate surface area is 153 Å². The number of nitrogens with one attached hydrogen (secondary N) is 1. The van der Waals surface area contributed by atoms with Crippen LogP contribution in [0.3, 0.4) is 0 Å². The monoisotopic (exact) mass is 350 g/mol. The van der Waals surface area contributed by atoms with Gasteiger partial charge in [0, 0.05) is 24.3 Å². The van der Waals surface area contributed by atoms with Crippen LogP contribution in [0.4, 0.5) is 0 Å². The molecular formula is C21H22N2O3. The predicted octanol–water partition coefficient (Wildman–Crippen LogP) is 4.08. The number of carbonyl (C=O) groups excluding carboxylic acids is 1. The zero-order valence-corrected chi connectivity index (χ0v) is 15.2. The molecule has 0 spiro atoms. The number of hydrogen-bond acceptors (Lipinski definition) is 4. The summed E-state index contributed by atoms with van der Waals surface area (Å²) in [7, 11) is 1.61. The van der Waals surface area contributed by atoms with Crippen molar-refractivity contribution in [3.8, 4) is 22.6 Å². The second-order valence-corrected chi connectivity index (χ2v) is 6.33. The minimum Gasteiger partial charge on any atom is -0.445 e. The second kappa shape index (κ2) is 7.97. The minimum absolute atomic E-state index is 0.0827. The van der Waals surface area contributed by atoms with Gasteiger partial charge in [-0.15, -0.1) is 0 Å². The molecule has 0 saturated heterocycles. The third-order valence-corrected chi connectivity index (χ3v) is 4.05. The third-order valence-electron chi connectivity index (χ3n) is 4.05. The van der Waals surface area contributed by atoms with Gasteiger partial charge in [-0.2, -0.15) is 0 Å². The molecule has 5 nitrogen and oxygen atoms in total. The van der Waals surface area contributed by atoms with E-state index in [4.69, 9.17) is 9.15 Å². The number of rotatable bonds is 6. The number of aromatic nitrogens is 1. The number of amides is 1. The summed E-state index contributed by atoms with van der Waals surface area (Å²) in [6, 6.07) is 13.7. The Kier molecular flexibility index (Phi) is 5.49. The smallest absolute Gasteiger partial charge is 0.251 e. The van der Waals surface area contributed by atoms with Gasteiger partial charge < -0.3 is 14.5 Å². The van der Waals surface area contributed by atoms with E-state index in [1.807, 2.05) is 50.2 Å². The van der Waals surface area contributed by atoms with Crippen molar-refractivity contribution in [1.29, 1.82) is 0 Å². The van der Waals surface area contributed by atoms with Gasteiger partial charge in [0.15, 0.2) is 0 Å². The maximum absolute atomic E-state index is 12.7. The molecule has 1 unspecified atom stereocenters. The van der Waals surface area contributed by atoms with Crippen LogP contribution in [-0.2, 0) is 4.74 Å². The molecule has 0 saturated carbocycles. The standard InChI is InChI=1S/C21H22N2O3/c1-14-4-6-16(7-5-14)17-10-18(20(24)23-15(2)13-25-3)12-19(11-17)21-22-8-9-26-21/h4-12,15H,13H2,1-3H3,(H,23,24). The predicted molar refractivity (Wildman–Crippen MR) is 101 cm³/mol. The van der Waals surface area contributed by atoms with E-state index in [2.05, 4.69) is 10.3 Å². The van der Waals surface area contributed by atoms with Crippen LogP contribution < -0.4 is 5.32 Å². The van der Waals surface area contributed by atoms with E-state index in [0.29, 0.717) is 18.1 Å². The number of benzene rings is 2. The van der Waals surface area contributed by atoms with Gasteiger partial charge in [-0.05, 0) is 43.2 Å². The number of hydrogen-bond donors (Lipinski definition) is 1. The highest BCUT2D eigenvalue weighted by Gasteiger charge is 2.14. The maximum atomic E-state index is 12.7. The Morgan fingerprint density at radius 2 is 1.88 bits per heavy atom. The molecule has 3 aromatic rings. The van der Waals surface area contributed by atoms with Crippen molar-refractivity contribution in [3.05, 3.63) is 66.1 Å². The van der Waals surface area contributed by atoms with Gasteiger partial charge in [0.05, 0.1) is 12.8 Å². The first-order valence-electron chi connectivity index (χ1n) is 8.48. The number of methoxy groups -OCH3 is 1. The SMILES string of the molecule is COCC(C)NC(=O)c1cc(-c2ccc(C)cc2)cc(-c2ncco2)c1. The fraction of sp³-hybridized carbons (Fsp3) is 0.238. The van der Waals surface area contributed by atoms with Crippen molar-refractivity contribution >= 4 is 5.91 Å². The van der Waals surface area contributed by atoms with Crippen molar-refractivity contribution in [2.45, 2.75) is 19.9 Å². The van der Waals surface area contributed by atoms with Crippen LogP contribution in [-0.4, -0.2) is 30.6 Å². The Hall–Kier alpha value is -2.92. The van der Waals surface area contributed by atoms with Gasteiger partial charge in [0.2, 0.25) is 5.89 Å². The first-order valence-corrected chi connectivity index (χ1v) is 8.48. The molecule has 1 aromatic heterocycles. The molecule has 0 fully saturated rings. The van der Waals surface area contributed by atoms with Gasteiger partial charge in [-0.25, -0.2) is 4.98 Å². The number of nitrogens with zero attached hydrogens (tertiary/aromatic N) is 1. The molecule has 2 aromatic carbocycles. The molecule has 26 heavy (non-hydrogen) atoms. The van der Waals surface area contributed by atoms with Crippen molar-refractivity contribution in [1.82, 2.24) is 10.3 Å². The summed E-state index contributed by atoms with van der Waals surface area (Å²) in [4.78, 5) is 16.9. The van der Waals surface area contributed by atoms with E-state index in [1.165, 1.54) is 11.8 Å². The van der Waals surface area contributed by atoms with Crippen molar-refractivity contribution in [3.63, 3.8) is 0 Å². The first-order chi connectivity index (χ1) is 12.6. The molecule has 1 atom stereocenters. The molecule has 0 aliphatic carbocycles. The molecule has 1 heterocycles. The molecular weight excluding hydrogens is 328 g/mol. The lowest BCUT2D eigenvalue weighted by molar-refractivity contribution is 0.0905. The molecule has 1 amide bonds. The molecule has 0 aliphatic rings. The first kappa shape index (κ1) is 17.9. The number of oxazole rings is 1. The third kappa shape index (κ3) is 4.18. The minimum atomic E-state index is -0.156. The van der Waals surface area contributed by atoms with Crippen LogP contribution >= 0.6 is 0 Å². The summed E-state index contributed by atoms with van der Waals surface area (Å²) in [6.45, 7) is 4.40. The summed E-state index contributed by atoms with van der Waals surface area (Å²) < 4.78 is 10.5. The Morgan fingerprint density at radius 1 is 1.15 bits per heavy atom. The molecule has 1 N–H and O–H groups in total. The van der Waals surface area contributed by atoms with E-state index in [-0.39, 0.29) is 11.9 Å². The number of carbonyl (C=O) groups is 1. The van der Waals surface area contributed by atoms with Crippen LogP contribution in [0, 0.1) is 6.92 Å². The van der Waals surface area contributed by atoms with Crippen LogP contribution in [0.25, 0.3) is 22.6 Å². The van der Waals surface area contributed by atoms with Crippen LogP contribution in [0.2, 0.25) is 0 Å². The van der Waals surface area contributed by atoms with E-state index >= 15 is 0 Å². The summed E-state index contributed by atoms with van der Waals surface area (Å²) in [5, 5.41) is 2.94. The number of ether oxygens (including phenoxy) is 1. The fourth-order valence-electron chi connectivity index (χ4n) is 2.76. The van der Waals surface area contributed by atoms with Gasteiger partial charge in [-0.3, -0.25) is 4.79 Å². The average molecular weight is 350 g/mol. The van der Waals surface area contributed by atoms with Crippen molar-refractivity contribution < 1.29 is 13.9 Å². The van der Waals surface area contributed by atoms with Crippen molar-refractivity contribution in [2.75, 3.05) is 13.7 Å². The molecule has 5 heteroatoms. The van der Waals surface area contributed by atoms with Crippen molar-refractivity contribution in [2.24, 2.45) is 0 Å². The summed E-state index contributed by atoms with van der Waals surface area (Å²) >= 11 is 0. The van der Waals surface area contributed by atoms with Gasteiger partial charge in [0.25, 0.3) is 5.91 Å². The number of aryl methyl sites for hydroxylation is 1. The molecule has 3 rings (SSSR count). The lowest BCUT2D eigenvalue weighted by Gasteiger charge is -2.14. The average Bonchev–Trinajstić information content (AvgIpc) is 3.17. The van der Waals surface area contributed by atoms with Crippen LogP contribution in [0.1, 0.15) is 22.8 Å². The quantitative estimate of drug-likeness (QED) is 0.727. The molecule has 134 valence electrons. The topological polar surface area (TPSA) is 64.4 Å². The largest absolute Gasteiger partial charge is 0.445 e. The highest BCUT2D eigenvalue weighted by Crippen LogP contribution is 2.28. The van der Waals surface area contributed by atoms with Crippen LogP contribution in [0.5, 0.6) is 0 Å².